The van der Waals surface area contributed by atoms with E-state index in [4.69, 9.17) is 15.6 Å². The lowest BCUT2D eigenvalue weighted by Gasteiger charge is -2.33. The minimum Gasteiger partial charge on any atom is -0.494 e. The third kappa shape index (κ3) is 6.41. The summed E-state index contributed by atoms with van der Waals surface area (Å²) < 4.78 is 1.77. The van der Waals surface area contributed by atoms with Gasteiger partial charge in [0, 0.05) is 53.5 Å². The van der Waals surface area contributed by atoms with Gasteiger partial charge in [-0.05, 0) is 68.0 Å². The number of H-pyrrole nitrogens is 1. The molecule has 4 heterocycles. The lowest BCUT2D eigenvalue weighted by molar-refractivity contribution is -0.132. The minimum atomic E-state index is -0.497. The maximum atomic E-state index is 13.2. The van der Waals surface area contributed by atoms with Gasteiger partial charge in [-0.1, -0.05) is 65.8 Å². The summed E-state index contributed by atoms with van der Waals surface area (Å²) >= 11 is 0. The number of fused-ring (bicyclic) bond motifs is 3. The summed E-state index contributed by atoms with van der Waals surface area (Å²) in [5.41, 5.74) is 12.9. The fourth-order valence-electron chi connectivity index (χ4n) is 7.35. The van der Waals surface area contributed by atoms with Crippen molar-refractivity contribution in [2.75, 3.05) is 19.7 Å². The van der Waals surface area contributed by atoms with Crippen molar-refractivity contribution in [1.82, 2.24) is 19.7 Å². The number of likely N-dealkylation sites (tertiary alicyclic amines) is 1. The number of carbonyl (C=O) groups is 2. The molecule has 0 unspecified atom stereocenters. The maximum absolute atomic E-state index is 13.2. The van der Waals surface area contributed by atoms with Gasteiger partial charge in [0.2, 0.25) is 5.91 Å². The molecule has 11 heteroatoms. The summed E-state index contributed by atoms with van der Waals surface area (Å²) in [7, 11) is 0. The molecule has 0 saturated carbocycles. The SMILES string of the molecule is NC(=O)c1cccc2cn(-c3ccc([C@@H]4CCCN(C(=O)CCCCCO/N=C5/C(c6c(O)[nH]c7ccccc67)=Nc6ccccc65)C4)cc3)nc12. The smallest absolute Gasteiger partial charge is 0.250 e. The predicted molar refractivity (Wildman–Crippen MR) is 202 cm³/mol. The first-order chi connectivity index (χ1) is 25.4. The van der Waals surface area contributed by atoms with Crippen molar-refractivity contribution in [3.8, 4) is 11.6 Å². The molecule has 262 valence electrons. The van der Waals surface area contributed by atoms with Crippen molar-refractivity contribution in [2.24, 2.45) is 15.9 Å². The van der Waals surface area contributed by atoms with Gasteiger partial charge in [0.05, 0.1) is 22.5 Å². The molecule has 52 heavy (non-hydrogen) atoms. The van der Waals surface area contributed by atoms with Crippen LogP contribution in [0.25, 0.3) is 27.5 Å². The van der Waals surface area contributed by atoms with E-state index in [9.17, 15) is 14.7 Å². The maximum Gasteiger partial charge on any atom is 0.250 e. The van der Waals surface area contributed by atoms with Crippen LogP contribution in [0.15, 0.2) is 107 Å². The van der Waals surface area contributed by atoms with Gasteiger partial charge in [0.1, 0.15) is 23.5 Å². The quantitative estimate of drug-likeness (QED) is 0.0974. The zero-order valence-corrected chi connectivity index (χ0v) is 28.7. The standard InChI is InChI=1S/C41H39N7O4/c42-40(50)32-14-8-10-28-25-48(45-37(28)32)29-20-18-26(19-21-29)27-11-9-22-47(24-27)35(49)17-2-1-7-23-52-46-38-31-13-4-6-16-34(31)43-39(38)36-30-12-3-5-15-33(30)44-41(36)51/h3-6,8,10,12-16,18-21,25,27,44,51H,1-2,7,9,11,17,22-24H2,(H2,42,50)/b46-38+/t27-/m1/s1. The second-order valence-corrected chi connectivity index (χ2v) is 13.4. The molecule has 4 aromatic carbocycles. The van der Waals surface area contributed by atoms with Crippen LogP contribution in [0.5, 0.6) is 5.88 Å². The van der Waals surface area contributed by atoms with E-state index in [1.807, 2.05) is 77.8 Å². The molecule has 2 aromatic heterocycles. The largest absolute Gasteiger partial charge is 0.494 e. The fraction of sp³-hybridized carbons (Fsp3) is 0.244. The van der Waals surface area contributed by atoms with Crippen LogP contribution in [0, 0.1) is 0 Å². The van der Waals surface area contributed by atoms with Crippen LogP contribution >= 0.6 is 0 Å². The number of para-hydroxylation sites is 2. The number of benzene rings is 4. The van der Waals surface area contributed by atoms with Crippen molar-refractivity contribution in [1.29, 1.82) is 0 Å². The Kier molecular flexibility index (Phi) is 8.98. The number of oxime groups is 1. The number of rotatable bonds is 11. The monoisotopic (exact) mass is 693 g/mol. The lowest BCUT2D eigenvalue weighted by Crippen LogP contribution is -2.39. The van der Waals surface area contributed by atoms with Crippen molar-refractivity contribution in [2.45, 2.75) is 44.4 Å². The number of aromatic nitrogens is 3. The van der Waals surface area contributed by atoms with Gasteiger partial charge in [-0.3, -0.25) is 9.59 Å². The molecule has 2 aliphatic rings. The van der Waals surface area contributed by atoms with Crippen LogP contribution in [-0.4, -0.2) is 67.7 Å². The number of nitrogens with zero attached hydrogens (tertiary/aromatic N) is 5. The molecule has 4 N–H and O–H groups in total. The first kappa shape index (κ1) is 32.9. The zero-order valence-electron chi connectivity index (χ0n) is 28.7. The van der Waals surface area contributed by atoms with Gasteiger partial charge in [-0.2, -0.15) is 5.10 Å². The summed E-state index contributed by atoms with van der Waals surface area (Å²) in [6.07, 6.45) is 6.80. The van der Waals surface area contributed by atoms with E-state index in [1.165, 1.54) is 5.56 Å². The molecule has 11 nitrogen and oxygen atoms in total. The summed E-state index contributed by atoms with van der Waals surface area (Å²) in [4.78, 5) is 40.7. The van der Waals surface area contributed by atoms with Crippen molar-refractivity contribution < 1.29 is 19.5 Å². The molecule has 0 aliphatic carbocycles. The van der Waals surface area contributed by atoms with E-state index < -0.39 is 5.91 Å². The zero-order chi connectivity index (χ0) is 35.6. The normalized spacial score (nSPS) is 16.4. The summed E-state index contributed by atoms with van der Waals surface area (Å²) in [6.45, 7) is 1.91. The third-order valence-corrected chi connectivity index (χ3v) is 10.0. The van der Waals surface area contributed by atoms with Gasteiger partial charge in [0.25, 0.3) is 5.91 Å². The first-order valence-electron chi connectivity index (χ1n) is 17.8. The topological polar surface area (TPSA) is 151 Å². The molecule has 1 atom stereocenters. The van der Waals surface area contributed by atoms with Crippen LogP contribution < -0.4 is 5.73 Å². The molecule has 1 saturated heterocycles. The molecule has 6 aromatic rings. The van der Waals surface area contributed by atoms with Gasteiger partial charge in [0.15, 0.2) is 5.88 Å². The van der Waals surface area contributed by atoms with Gasteiger partial charge in [-0.15, -0.1) is 0 Å². The van der Waals surface area contributed by atoms with Crippen LogP contribution in [0.2, 0.25) is 0 Å². The van der Waals surface area contributed by atoms with E-state index in [2.05, 4.69) is 27.4 Å². The van der Waals surface area contributed by atoms with E-state index in [0.29, 0.717) is 47.6 Å². The Bertz CT molecular complexity index is 2350. The highest BCUT2D eigenvalue weighted by Gasteiger charge is 2.29. The molecule has 0 radical (unpaired) electrons. The number of nitrogens with one attached hydrogen (secondary N) is 1. The second kappa shape index (κ2) is 14.2. The van der Waals surface area contributed by atoms with Crippen molar-refractivity contribution in [3.63, 3.8) is 0 Å². The average molecular weight is 694 g/mol. The molecular weight excluding hydrogens is 654 g/mol. The van der Waals surface area contributed by atoms with Crippen LogP contribution in [-0.2, 0) is 9.63 Å². The Morgan fingerprint density at radius 1 is 0.962 bits per heavy atom. The molecule has 0 bridgehead atoms. The fourth-order valence-corrected chi connectivity index (χ4v) is 7.35. The Balaban J connectivity index is 0.829. The summed E-state index contributed by atoms with van der Waals surface area (Å²) in [5.74, 6) is 0.0176. The van der Waals surface area contributed by atoms with E-state index in [1.54, 1.807) is 16.8 Å². The molecule has 0 spiro atoms. The number of aromatic hydroxyl groups is 1. The number of primary amides is 1. The van der Waals surface area contributed by atoms with Gasteiger partial charge < -0.3 is 25.6 Å². The van der Waals surface area contributed by atoms with Crippen molar-refractivity contribution >= 4 is 50.7 Å². The van der Waals surface area contributed by atoms with Gasteiger partial charge in [-0.25, -0.2) is 9.67 Å². The molecule has 1 fully saturated rings. The minimum absolute atomic E-state index is 0.0461. The van der Waals surface area contributed by atoms with Crippen LogP contribution in [0.1, 0.15) is 71.5 Å². The molecule has 2 amide bonds. The molecular formula is C41H39N7O4. The lowest BCUT2D eigenvalue weighted by atomic mass is 9.90. The Morgan fingerprint density at radius 2 is 1.79 bits per heavy atom. The molecule has 2 aliphatic heterocycles. The summed E-state index contributed by atoms with van der Waals surface area (Å²) in [6, 6.07) is 29.1. The Labute approximate surface area is 300 Å². The average Bonchev–Trinajstić information content (AvgIpc) is 3.86. The van der Waals surface area contributed by atoms with E-state index in [0.717, 1.165) is 71.9 Å². The van der Waals surface area contributed by atoms with Crippen molar-refractivity contribution in [3.05, 3.63) is 119 Å². The van der Waals surface area contributed by atoms with Crippen LogP contribution in [0.3, 0.4) is 0 Å². The Morgan fingerprint density at radius 3 is 2.65 bits per heavy atom. The first-order valence-corrected chi connectivity index (χ1v) is 17.8. The predicted octanol–water partition coefficient (Wildman–Crippen LogP) is 7.13. The number of nitrogens with two attached hydrogens (primary N) is 1. The van der Waals surface area contributed by atoms with Crippen LogP contribution in [0.4, 0.5) is 5.69 Å². The highest BCUT2D eigenvalue weighted by atomic mass is 16.6. The highest BCUT2D eigenvalue weighted by Crippen LogP contribution is 2.36. The second-order valence-electron chi connectivity index (χ2n) is 13.4. The number of aliphatic imine (C=N–C) groups is 1. The number of aromatic amines is 1. The number of carbonyl (C=O) groups excluding carboxylic acids is 2. The number of hydrogen-bond donors (Lipinski definition) is 3. The number of piperidine rings is 1. The number of unbranched alkanes of at least 4 members (excludes halogenated alkanes) is 2. The Hall–Kier alpha value is -6.23. The van der Waals surface area contributed by atoms with E-state index in [-0.39, 0.29) is 17.7 Å². The number of hydrogen-bond acceptors (Lipinski definition) is 7. The highest BCUT2D eigenvalue weighted by molar-refractivity contribution is 6.58. The molecule has 8 rings (SSSR count). The summed E-state index contributed by atoms with van der Waals surface area (Å²) in [5, 5.41) is 21.6. The number of amides is 2. The van der Waals surface area contributed by atoms with Gasteiger partial charge >= 0.3 is 0 Å². The third-order valence-electron chi connectivity index (χ3n) is 10.0. The van der Waals surface area contributed by atoms with E-state index >= 15 is 0 Å².